The Morgan fingerprint density at radius 1 is 1.24 bits per heavy atom. The molecular weight excluding hydrogens is 348 g/mol. The fourth-order valence-corrected chi connectivity index (χ4v) is 3.17. The molecule has 1 aliphatic heterocycles. The Labute approximate surface area is 147 Å². The van der Waals surface area contributed by atoms with E-state index in [0.717, 1.165) is 15.8 Å². The summed E-state index contributed by atoms with van der Waals surface area (Å²) in [6, 6.07) is 10.7. The summed E-state index contributed by atoms with van der Waals surface area (Å²) in [6.07, 6.45) is 1.63. The quantitative estimate of drug-likeness (QED) is 0.690. The maximum absolute atomic E-state index is 13.2. The molecule has 1 fully saturated rings. The average Bonchev–Trinajstić information content (AvgIpc) is 2.94. The van der Waals surface area contributed by atoms with Gasteiger partial charge in [-0.25, -0.2) is 13.8 Å². The lowest BCUT2D eigenvalue weighted by Gasteiger charge is -2.38. The predicted molar refractivity (Wildman–Crippen MR) is 91.7 cm³/mol. The number of fused-ring (bicyclic) bond motifs is 1. The molecule has 7 heteroatoms. The summed E-state index contributed by atoms with van der Waals surface area (Å²) in [5.41, 5.74) is 2.45. The number of halogens is 3. The van der Waals surface area contributed by atoms with E-state index in [0.29, 0.717) is 22.1 Å². The lowest BCUT2D eigenvalue weighted by molar-refractivity contribution is -0.113. The van der Waals surface area contributed by atoms with E-state index in [-0.39, 0.29) is 0 Å². The van der Waals surface area contributed by atoms with Crippen LogP contribution in [0.25, 0.3) is 16.7 Å². The molecule has 0 spiro atoms. The third kappa shape index (κ3) is 2.66. The Kier molecular flexibility index (Phi) is 3.54. The predicted octanol–water partition coefficient (Wildman–Crippen LogP) is 4.08. The van der Waals surface area contributed by atoms with E-state index in [9.17, 15) is 13.6 Å². The van der Waals surface area contributed by atoms with Gasteiger partial charge in [0.2, 0.25) is 0 Å². The second-order valence-corrected chi connectivity index (χ2v) is 6.64. The van der Waals surface area contributed by atoms with Gasteiger partial charge in [-0.05, 0) is 42.8 Å². The van der Waals surface area contributed by atoms with Crippen molar-refractivity contribution >= 4 is 28.5 Å². The topological polar surface area (TPSA) is 38.1 Å². The fraction of sp³-hybridized carbons (Fsp3) is 0.222. The fourth-order valence-electron chi connectivity index (χ4n) is 2.99. The zero-order valence-electron chi connectivity index (χ0n) is 13.3. The second kappa shape index (κ2) is 5.52. The molecule has 2 aromatic heterocycles. The van der Waals surface area contributed by atoms with Crippen LogP contribution in [-0.2, 0) is 0 Å². The number of hydrogen-bond donors (Lipinski definition) is 0. The van der Waals surface area contributed by atoms with Crippen molar-refractivity contribution < 1.29 is 13.6 Å². The lowest BCUT2D eigenvalue weighted by Crippen LogP contribution is -2.58. The minimum Gasteiger partial charge on any atom is -0.325 e. The molecule has 0 unspecified atom stereocenters. The molecule has 25 heavy (non-hydrogen) atoms. The van der Waals surface area contributed by atoms with Gasteiger partial charge in [0.25, 0.3) is 11.8 Å². The summed E-state index contributed by atoms with van der Waals surface area (Å²) in [6.45, 7) is 0.761. The number of benzene rings is 1. The number of pyridine rings is 1. The Bertz CT molecular complexity index is 991. The molecule has 4 nitrogen and oxygen atoms in total. The SMILES string of the molecule is Cc1ccc(-n2c(C(=O)N3CC(F)(F)C3)cc3cccnc32)cc1Cl. The number of alkyl halides is 2. The number of likely N-dealkylation sites (tertiary alicyclic amines) is 1. The van der Waals surface area contributed by atoms with Crippen LogP contribution < -0.4 is 0 Å². The number of nitrogens with zero attached hydrogens (tertiary/aromatic N) is 3. The van der Waals surface area contributed by atoms with E-state index in [1.54, 1.807) is 29.0 Å². The number of amides is 1. The lowest BCUT2D eigenvalue weighted by atomic mass is 10.1. The summed E-state index contributed by atoms with van der Waals surface area (Å²) in [5, 5.41) is 1.32. The van der Waals surface area contributed by atoms with Crippen molar-refractivity contribution in [3.8, 4) is 5.69 Å². The van der Waals surface area contributed by atoms with Gasteiger partial charge in [0.1, 0.15) is 11.3 Å². The van der Waals surface area contributed by atoms with Gasteiger partial charge >= 0.3 is 0 Å². The van der Waals surface area contributed by atoms with Gasteiger partial charge in [-0.2, -0.15) is 0 Å². The van der Waals surface area contributed by atoms with Gasteiger partial charge in [0.05, 0.1) is 13.1 Å². The minimum atomic E-state index is -2.81. The molecule has 0 atom stereocenters. The van der Waals surface area contributed by atoms with E-state index >= 15 is 0 Å². The van der Waals surface area contributed by atoms with E-state index in [1.807, 2.05) is 25.1 Å². The smallest absolute Gasteiger partial charge is 0.282 e. The highest BCUT2D eigenvalue weighted by Crippen LogP contribution is 2.31. The molecule has 3 heterocycles. The van der Waals surface area contributed by atoms with Crippen LogP contribution in [0.15, 0.2) is 42.6 Å². The number of rotatable bonds is 2. The van der Waals surface area contributed by atoms with Crippen molar-refractivity contribution in [3.05, 3.63) is 58.9 Å². The summed E-state index contributed by atoms with van der Waals surface area (Å²) in [4.78, 5) is 18.2. The molecule has 0 bridgehead atoms. The third-order valence-electron chi connectivity index (χ3n) is 4.33. The van der Waals surface area contributed by atoms with Gasteiger partial charge in [-0.15, -0.1) is 0 Å². The van der Waals surface area contributed by atoms with Gasteiger partial charge < -0.3 is 4.90 Å². The first-order valence-electron chi connectivity index (χ1n) is 7.76. The number of aromatic nitrogens is 2. The maximum Gasteiger partial charge on any atom is 0.282 e. The van der Waals surface area contributed by atoms with Gasteiger partial charge in [0.15, 0.2) is 0 Å². The van der Waals surface area contributed by atoms with Crippen LogP contribution in [-0.4, -0.2) is 39.4 Å². The molecule has 0 radical (unpaired) electrons. The standard InChI is InChI=1S/C18H14ClF2N3O/c1-11-4-5-13(8-14(11)19)24-15(7-12-3-2-6-22-16(12)24)17(25)23-9-18(20,21)10-23/h2-8H,9-10H2,1H3. The number of carbonyl (C=O) groups is 1. The largest absolute Gasteiger partial charge is 0.325 e. The van der Waals surface area contributed by atoms with Crippen LogP contribution in [0, 0.1) is 6.92 Å². The van der Waals surface area contributed by atoms with Crippen LogP contribution in [0.1, 0.15) is 16.1 Å². The molecule has 1 aromatic carbocycles. The molecule has 1 saturated heterocycles. The summed E-state index contributed by atoms with van der Waals surface area (Å²) in [5.74, 6) is -3.25. The van der Waals surface area contributed by atoms with Crippen molar-refractivity contribution in [2.75, 3.05) is 13.1 Å². The molecular formula is C18H14ClF2N3O. The van der Waals surface area contributed by atoms with E-state index in [4.69, 9.17) is 11.6 Å². The molecule has 0 N–H and O–H groups in total. The van der Waals surface area contributed by atoms with Gasteiger partial charge in [-0.1, -0.05) is 17.7 Å². The molecule has 1 amide bonds. The van der Waals surface area contributed by atoms with Crippen molar-refractivity contribution in [2.45, 2.75) is 12.8 Å². The first kappa shape index (κ1) is 16.0. The molecule has 1 aliphatic rings. The highest BCUT2D eigenvalue weighted by atomic mass is 35.5. The average molecular weight is 362 g/mol. The molecule has 0 saturated carbocycles. The second-order valence-electron chi connectivity index (χ2n) is 6.23. The third-order valence-corrected chi connectivity index (χ3v) is 4.73. The first-order valence-corrected chi connectivity index (χ1v) is 8.14. The summed E-state index contributed by atoms with van der Waals surface area (Å²) in [7, 11) is 0. The molecule has 4 rings (SSSR count). The Hall–Kier alpha value is -2.47. The van der Waals surface area contributed by atoms with Crippen LogP contribution in [0.4, 0.5) is 8.78 Å². The van der Waals surface area contributed by atoms with Crippen molar-refractivity contribution in [2.24, 2.45) is 0 Å². The van der Waals surface area contributed by atoms with Crippen LogP contribution in [0.3, 0.4) is 0 Å². The Balaban J connectivity index is 1.86. The van der Waals surface area contributed by atoms with Crippen LogP contribution in [0.2, 0.25) is 5.02 Å². The van der Waals surface area contributed by atoms with E-state index in [1.165, 1.54) is 0 Å². The van der Waals surface area contributed by atoms with Gasteiger partial charge in [-0.3, -0.25) is 9.36 Å². The molecule has 128 valence electrons. The zero-order chi connectivity index (χ0) is 17.8. The minimum absolute atomic E-state index is 0.295. The first-order chi connectivity index (χ1) is 11.9. The number of hydrogen-bond acceptors (Lipinski definition) is 2. The van der Waals surface area contributed by atoms with E-state index in [2.05, 4.69) is 4.98 Å². The Morgan fingerprint density at radius 2 is 2.00 bits per heavy atom. The highest BCUT2D eigenvalue weighted by Gasteiger charge is 2.47. The number of aryl methyl sites for hydroxylation is 1. The zero-order valence-corrected chi connectivity index (χ0v) is 14.1. The van der Waals surface area contributed by atoms with Crippen molar-refractivity contribution in [1.29, 1.82) is 0 Å². The molecule has 3 aromatic rings. The van der Waals surface area contributed by atoms with Crippen molar-refractivity contribution in [1.82, 2.24) is 14.5 Å². The summed E-state index contributed by atoms with van der Waals surface area (Å²) < 4.78 is 28.0. The van der Waals surface area contributed by atoms with Crippen molar-refractivity contribution in [3.63, 3.8) is 0 Å². The number of carbonyl (C=O) groups excluding carboxylic acids is 1. The van der Waals surface area contributed by atoms with E-state index < -0.39 is 24.9 Å². The van der Waals surface area contributed by atoms with Crippen LogP contribution in [0.5, 0.6) is 0 Å². The van der Waals surface area contributed by atoms with Crippen LogP contribution >= 0.6 is 11.6 Å². The maximum atomic E-state index is 13.2. The van der Waals surface area contributed by atoms with Gasteiger partial charge in [0, 0.05) is 22.3 Å². The summed E-state index contributed by atoms with van der Waals surface area (Å²) >= 11 is 6.22. The monoisotopic (exact) mass is 361 g/mol. The normalized spacial score (nSPS) is 16.1. The highest BCUT2D eigenvalue weighted by molar-refractivity contribution is 6.31. The Morgan fingerprint density at radius 3 is 2.68 bits per heavy atom. The molecule has 0 aliphatic carbocycles.